The van der Waals surface area contributed by atoms with Gasteiger partial charge in [-0.05, 0) is 61.6 Å². The van der Waals surface area contributed by atoms with Crippen molar-refractivity contribution in [1.82, 2.24) is 14.5 Å². The molecular formula is C24H26BrN3O2. The van der Waals surface area contributed by atoms with Gasteiger partial charge in [-0.2, -0.15) is 0 Å². The lowest BCUT2D eigenvalue weighted by atomic mass is 9.96. The first-order valence-corrected chi connectivity index (χ1v) is 11.4. The van der Waals surface area contributed by atoms with Gasteiger partial charge in [0.25, 0.3) is 11.5 Å². The molecule has 0 unspecified atom stereocenters. The second kappa shape index (κ2) is 9.13. The lowest BCUT2D eigenvalue weighted by Gasteiger charge is -2.32. The van der Waals surface area contributed by atoms with Gasteiger partial charge < -0.3 is 4.90 Å². The maximum Gasteiger partial charge on any atom is 0.261 e. The molecule has 1 aromatic heterocycles. The summed E-state index contributed by atoms with van der Waals surface area (Å²) in [4.78, 5) is 32.6. The first kappa shape index (κ1) is 20.8. The molecule has 2 heterocycles. The van der Waals surface area contributed by atoms with E-state index in [-0.39, 0.29) is 11.5 Å². The van der Waals surface area contributed by atoms with E-state index < -0.39 is 0 Å². The number of hydrogen-bond acceptors (Lipinski definition) is 3. The number of amides is 1. The number of rotatable bonds is 5. The highest BCUT2D eigenvalue weighted by atomic mass is 79.9. The standard InChI is InChI=1S/C24H26BrN3O2/c1-2-5-22-26-21-7-4-3-6-20(21)24(30)28(22)16-17-12-14-27(15-13-17)23(29)18-8-10-19(25)11-9-18/h3-4,6-11,17H,2,5,12-16H2,1H3. The van der Waals surface area contributed by atoms with Crippen LogP contribution >= 0.6 is 15.9 Å². The quantitative estimate of drug-likeness (QED) is 0.547. The van der Waals surface area contributed by atoms with Crippen LogP contribution < -0.4 is 5.56 Å². The lowest BCUT2D eigenvalue weighted by Crippen LogP contribution is -2.40. The third-order valence-electron chi connectivity index (χ3n) is 5.85. The molecule has 0 atom stereocenters. The predicted octanol–water partition coefficient (Wildman–Crippen LogP) is 4.66. The molecule has 1 fully saturated rings. The van der Waals surface area contributed by atoms with E-state index in [0.717, 1.165) is 60.2 Å². The zero-order valence-electron chi connectivity index (χ0n) is 17.2. The summed E-state index contributed by atoms with van der Waals surface area (Å²) in [6, 6.07) is 15.1. The highest BCUT2D eigenvalue weighted by molar-refractivity contribution is 9.10. The number of piperidine rings is 1. The Hall–Kier alpha value is -2.47. The van der Waals surface area contributed by atoms with Crippen LogP contribution in [0.4, 0.5) is 0 Å². The Labute approximate surface area is 184 Å². The minimum Gasteiger partial charge on any atom is -0.339 e. The highest BCUT2D eigenvalue weighted by Gasteiger charge is 2.25. The van der Waals surface area contributed by atoms with E-state index in [4.69, 9.17) is 4.98 Å². The molecule has 1 aliphatic heterocycles. The fourth-order valence-corrected chi connectivity index (χ4v) is 4.43. The lowest BCUT2D eigenvalue weighted by molar-refractivity contribution is 0.0682. The molecule has 4 rings (SSSR count). The molecule has 1 amide bonds. The number of aryl methyl sites for hydroxylation is 1. The van der Waals surface area contributed by atoms with Crippen LogP contribution in [-0.2, 0) is 13.0 Å². The van der Waals surface area contributed by atoms with Crippen LogP contribution in [0.1, 0.15) is 42.4 Å². The molecule has 0 saturated carbocycles. The van der Waals surface area contributed by atoms with E-state index in [2.05, 4.69) is 22.9 Å². The number of benzene rings is 2. The Kier molecular flexibility index (Phi) is 6.32. The van der Waals surface area contributed by atoms with Gasteiger partial charge in [0, 0.05) is 36.1 Å². The number of likely N-dealkylation sites (tertiary alicyclic amines) is 1. The van der Waals surface area contributed by atoms with Crippen LogP contribution in [-0.4, -0.2) is 33.4 Å². The van der Waals surface area contributed by atoms with Crippen LogP contribution in [0.5, 0.6) is 0 Å². The molecule has 1 saturated heterocycles. The van der Waals surface area contributed by atoms with Crippen molar-refractivity contribution in [3.63, 3.8) is 0 Å². The summed E-state index contributed by atoms with van der Waals surface area (Å²) in [5.74, 6) is 1.32. The molecule has 3 aromatic rings. The van der Waals surface area contributed by atoms with Gasteiger partial charge in [-0.15, -0.1) is 0 Å². The van der Waals surface area contributed by atoms with Crippen molar-refractivity contribution in [1.29, 1.82) is 0 Å². The van der Waals surface area contributed by atoms with Crippen molar-refractivity contribution in [2.45, 2.75) is 39.2 Å². The van der Waals surface area contributed by atoms with Crippen LogP contribution in [0.2, 0.25) is 0 Å². The van der Waals surface area contributed by atoms with Crippen molar-refractivity contribution in [2.24, 2.45) is 5.92 Å². The number of hydrogen-bond donors (Lipinski definition) is 0. The summed E-state index contributed by atoms with van der Waals surface area (Å²) in [5.41, 5.74) is 1.55. The average molecular weight is 468 g/mol. The molecule has 0 N–H and O–H groups in total. The summed E-state index contributed by atoms with van der Waals surface area (Å²) < 4.78 is 2.85. The molecule has 0 aliphatic carbocycles. The molecule has 2 aromatic carbocycles. The minimum absolute atomic E-state index is 0.0532. The Morgan fingerprint density at radius 1 is 1.10 bits per heavy atom. The number of aromatic nitrogens is 2. The second-order valence-corrected chi connectivity index (χ2v) is 8.87. The SMILES string of the molecule is CCCc1nc2ccccc2c(=O)n1CC1CCN(C(=O)c2ccc(Br)cc2)CC1. The molecular weight excluding hydrogens is 442 g/mol. The predicted molar refractivity (Wildman–Crippen MR) is 123 cm³/mol. The van der Waals surface area contributed by atoms with Crippen molar-refractivity contribution < 1.29 is 4.79 Å². The number of carbonyl (C=O) groups is 1. The van der Waals surface area contributed by atoms with Crippen LogP contribution in [0.15, 0.2) is 57.8 Å². The number of fused-ring (bicyclic) bond motifs is 1. The molecule has 0 spiro atoms. The zero-order chi connectivity index (χ0) is 21.1. The summed E-state index contributed by atoms with van der Waals surface area (Å²) in [6.45, 7) is 4.22. The van der Waals surface area contributed by atoms with Crippen LogP contribution in [0, 0.1) is 5.92 Å². The Bertz CT molecular complexity index is 1100. The van der Waals surface area contributed by atoms with Gasteiger partial charge in [0.1, 0.15) is 5.82 Å². The molecule has 5 nitrogen and oxygen atoms in total. The highest BCUT2D eigenvalue weighted by Crippen LogP contribution is 2.22. The van der Waals surface area contributed by atoms with Gasteiger partial charge in [0.2, 0.25) is 0 Å². The van der Waals surface area contributed by atoms with Gasteiger partial charge in [-0.1, -0.05) is 35.0 Å². The molecule has 156 valence electrons. The summed E-state index contributed by atoms with van der Waals surface area (Å²) >= 11 is 3.41. The Balaban J connectivity index is 1.48. The van der Waals surface area contributed by atoms with Crippen LogP contribution in [0.3, 0.4) is 0 Å². The first-order chi connectivity index (χ1) is 14.6. The third kappa shape index (κ3) is 4.33. The second-order valence-electron chi connectivity index (χ2n) is 7.95. The minimum atomic E-state index is 0.0532. The normalized spacial score (nSPS) is 14.9. The van der Waals surface area contributed by atoms with Crippen molar-refractivity contribution in [3.8, 4) is 0 Å². The van der Waals surface area contributed by atoms with Crippen LogP contribution in [0.25, 0.3) is 10.9 Å². The molecule has 0 bridgehead atoms. The number of nitrogens with zero attached hydrogens (tertiary/aromatic N) is 3. The van der Waals surface area contributed by atoms with E-state index in [1.165, 1.54) is 0 Å². The molecule has 0 radical (unpaired) electrons. The topological polar surface area (TPSA) is 55.2 Å². The van der Waals surface area contributed by atoms with Gasteiger partial charge in [-0.3, -0.25) is 14.2 Å². The Morgan fingerprint density at radius 3 is 2.50 bits per heavy atom. The number of halogens is 1. The summed E-state index contributed by atoms with van der Waals surface area (Å²) in [6.07, 6.45) is 3.53. The van der Waals surface area contributed by atoms with Gasteiger partial charge in [0.05, 0.1) is 10.9 Å². The Morgan fingerprint density at radius 2 is 1.80 bits per heavy atom. The van der Waals surface area contributed by atoms with Gasteiger partial charge in [0.15, 0.2) is 0 Å². The van der Waals surface area contributed by atoms with E-state index in [1.54, 1.807) is 0 Å². The fourth-order valence-electron chi connectivity index (χ4n) is 4.17. The van der Waals surface area contributed by atoms with E-state index >= 15 is 0 Å². The summed E-state index contributed by atoms with van der Waals surface area (Å²) in [5, 5.41) is 0.681. The van der Waals surface area contributed by atoms with E-state index in [9.17, 15) is 9.59 Å². The number of carbonyl (C=O) groups excluding carboxylic acids is 1. The fraction of sp³-hybridized carbons (Fsp3) is 0.375. The van der Waals surface area contributed by atoms with E-state index in [0.29, 0.717) is 17.8 Å². The first-order valence-electron chi connectivity index (χ1n) is 10.6. The third-order valence-corrected chi connectivity index (χ3v) is 6.38. The smallest absolute Gasteiger partial charge is 0.261 e. The van der Waals surface area contributed by atoms with Crippen molar-refractivity contribution in [2.75, 3.05) is 13.1 Å². The molecule has 30 heavy (non-hydrogen) atoms. The zero-order valence-corrected chi connectivity index (χ0v) is 18.8. The maximum atomic E-state index is 13.1. The van der Waals surface area contributed by atoms with E-state index in [1.807, 2.05) is 58.0 Å². The molecule has 6 heteroatoms. The largest absolute Gasteiger partial charge is 0.339 e. The summed E-state index contributed by atoms with van der Waals surface area (Å²) in [7, 11) is 0. The average Bonchev–Trinajstić information content (AvgIpc) is 2.77. The van der Waals surface area contributed by atoms with Crippen molar-refractivity contribution in [3.05, 3.63) is 74.7 Å². The maximum absolute atomic E-state index is 13.1. The van der Waals surface area contributed by atoms with Gasteiger partial charge in [-0.25, -0.2) is 4.98 Å². The van der Waals surface area contributed by atoms with Gasteiger partial charge >= 0.3 is 0 Å². The monoisotopic (exact) mass is 467 g/mol. The van der Waals surface area contributed by atoms with Crippen molar-refractivity contribution >= 4 is 32.7 Å². The number of para-hydroxylation sites is 1. The molecule has 1 aliphatic rings.